The summed E-state index contributed by atoms with van der Waals surface area (Å²) >= 11 is 1.09. The second-order valence-electron chi connectivity index (χ2n) is 19.4. The molecule has 0 aliphatic carbocycles. The minimum atomic E-state index is -2.21. The summed E-state index contributed by atoms with van der Waals surface area (Å²) in [6.45, 7) is 2.94. The topological polar surface area (TPSA) is 355 Å². The van der Waals surface area contributed by atoms with Gasteiger partial charge in [0.1, 0.15) is 11.8 Å². The van der Waals surface area contributed by atoms with Gasteiger partial charge in [-0.25, -0.2) is 4.90 Å². The number of ether oxygens (including phenoxy) is 1. The van der Waals surface area contributed by atoms with Gasteiger partial charge in [-0.2, -0.15) is 0 Å². The molecule has 4 aliphatic heterocycles. The Hall–Kier alpha value is -5.46. The number of primary amides is 1. The fourth-order valence-corrected chi connectivity index (χ4v) is 11.2. The van der Waals surface area contributed by atoms with E-state index >= 15 is 4.79 Å². The summed E-state index contributed by atoms with van der Waals surface area (Å²) in [5, 5.41) is 46.8. The zero-order valence-corrected chi connectivity index (χ0v) is 41.3. The monoisotopic (exact) mass is 1010 g/mol. The molecule has 22 nitrogen and oxygen atoms in total. The van der Waals surface area contributed by atoms with Gasteiger partial charge >= 0.3 is 0 Å². The average Bonchev–Trinajstić information content (AvgIpc) is 3.90. The SMILES string of the molecule is CC[C@H](C)[C@@H]1NC(=O)CNC(=O)C2CC(=O)[C@H]([C@@H](C)[C@@H](O)CO)NC(=O)[C@@H]3CC(O)CN3C3(CCCCCCN)Oc4ccc5c(c([nH]c5c4)SCC(NC(=O)CNC1=O)C(=O)C[C@@H](CC(N)=O)C3=O)C2. The first-order valence-electron chi connectivity index (χ1n) is 24.5. The highest BCUT2D eigenvalue weighted by molar-refractivity contribution is 7.99. The first kappa shape index (κ1) is 54.9. The molecule has 5 heterocycles. The number of H-pyrrole nitrogens is 1. The van der Waals surface area contributed by atoms with Crippen molar-refractivity contribution in [2.24, 2.45) is 35.1 Å². The number of nitrogens with one attached hydrogen (secondary N) is 6. The number of nitrogens with zero attached hydrogens (tertiary/aromatic N) is 1. The van der Waals surface area contributed by atoms with Gasteiger partial charge in [0.25, 0.3) is 0 Å². The van der Waals surface area contributed by atoms with E-state index in [1.165, 1.54) is 11.8 Å². The Kier molecular flexibility index (Phi) is 18.8. The first-order valence-corrected chi connectivity index (χ1v) is 25.5. The van der Waals surface area contributed by atoms with Gasteiger partial charge < -0.3 is 63.1 Å². The number of amides is 6. The molecule has 1 aromatic carbocycles. The molecule has 11 atom stereocenters. The molecule has 2 aromatic rings. The standard InChI is InChI=1S/C48H69N9O13S/c1-4-24(2)41-46(69)52-19-39(64)53-33-23-71-47-31-13-27(44(67)51-20-40(65)55-41)15-36(61)42(25(3)37(62)22-58)56-45(68)34-17-28(59)21-57(34)48(11-7-5-6-8-12-49,43(66)26(14-35(33)60)16-38(50)63)70-29-9-10-30(31)32(18-29)54-47/h9-10,18,24-28,33-34,37,41-42,54,58-59,62H,4-8,11-17,19-23,49H2,1-3H3,(H2,50,63)(H,51,67)(H,52,69)(H,53,64)(H,55,65)(H,56,68)/t24-,25-,26-,27?,28?,33?,34-,37-,41-,42-,48?/m0/s1. The van der Waals surface area contributed by atoms with E-state index in [-0.39, 0.29) is 43.7 Å². The predicted molar refractivity (Wildman–Crippen MR) is 258 cm³/mol. The zero-order chi connectivity index (χ0) is 51.7. The highest BCUT2D eigenvalue weighted by Crippen LogP contribution is 2.41. The van der Waals surface area contributed by atoms with Gasteiger partial charge in [-0.3, -0.25) is 43.2 Å². The molecule has 6 amide bonds. The molecular weight excluding hydrogens is 943 g/mol. The van der Waals surface area contributed by atoms with Crippen LogP contribution in [0.3, 0.4) is 0 Å². The summed E-state index contributed by atoms with van der Waals surface area (Å²) in [6.07, 6.45) is -2.79. The van der Waals surface area contributed by atoms with Crippen LogP contribution in [0, 0.1) is 23.7 Å². The lowest BCUT2D eigenvalue weighted by Crippen LogP contribution is -2.65. The third-order valence-electron chi connectivity index (χ3n) is 14.3. The van der Waals surface area contributed by atoms with Crippen molar-refractivity contribution in [2.45, 2.75) is 139 Å². The highest BCUT2D eigenvalue weighted by Gasteiger charge is 2.56. The number of nitrogens with two attached hydrogens (primary N) is 2. The van der Waals surface area contributed by atoms with Gasteiger partial charge in [-0.1, -0.05) is 40.0 Å². The maximum absolute atomic E-state index is 15.9. The van der Waals surface area contributed by atoms with E-state index in [9.17, 15) is 53.7 Å². The third-order valence-corrected chi connectivity index (χ3v) is 15.4. The molecular formula is C48H69N9O13S. The number of hydrogen-bond donors (Lipinski definition) is 11. The summed E-state index contributed by atoms with van der Waals surface area (Å²) in [4.78, 5) is 134. The van der Waals surface area contributed by atoms with Crippen molar-refractivity contribution in [2.75, 3.05) is 38.5 Å². The largest absolute Gasteiger partial charge is 0.465 e. The molecule has 6 rings (SSSR count). The van der Waals surface area contributed by atoms with E-state index < -0.39 is 158 Å². The number of thioether (sulfide) groups is 1. The number of carbonyl (C=O) groups excluding carboxylic acids is 9. The van der Waals surface area contributed by atoms with Gasteiger partial charge in [0.2, 0.25) is 41.2 Å². The number of unbranched alkanes of at least 4 members (excludes halogenated alkanes) is 3. The van der Waals surface area contributed by atoms with E-state index in [1.54, 1.807) is 32.0 Å². The second-order valence-corrected chi connectivity index (χ2v) is 20.4. The van der Waals surface area contributed by atoms with Crippen LogP contribution in [-0.2, 0) is 49.6 Å². The number of hydrogen-bond acceptors (Lipinski definition) is 16. The van der Waals surface area contributed by atoms with Crippen molar-refractivity contribution in [3.8, 4) is 5.75 Å². The normalized spacial score (nSPS) is 28.9. The summed E-state index contributed by atoms with van der Waals surface area (Å²) in [6, 6.07) is -0.633. The molecule has 23 heteroatoms. The van der Waals surface area contributed by atoms with E-state index in [0.29, 0.717) is 53.7 Å². The number of aromatic amines is 1. The Morgan fingerprint density at radius 1 is 0.901 bits per heavy atom. The quantitative estimate of drug-likeness (QED) is 0.103. The van der Waals surface area contributed by atoms with Gasteiger partial charge in [-0.15, -0.1) is 11.8 Å². The van der Waals surface area contributed by atoms with Crippen LogP contribution in [0.25, 0.3) is 10.9 Å². The average molecular weight is 1010 g/mol. The van der Waals surface area contributed by atoms with Crippen molar-refractivity contribution >= 4 is 75.5 Å². The number of aromatic nitrogens is 1. The maximum Gasteiger partial charge on any atom is 0.243 e. The Balaban J connectivity index is 1.64. The van der Waals surface area contributed by atoms with Crippen molar-refractivity contribution in [1.82, 2.24) is 36.5 Å². The molecule has 1 saturated heterocycles. The fourth-order valence-electron chi connectivity index (χ4n) is 10.1. The maximum atomic E-state index is 15.9. The van der Waals surface area contributed by atoms with Gasteiger partial charge in [0.15, 0.2) is 17.3 Å². The number of rotatable bonds is 13. The molecule has 0 saturated carbocycles. The molecule has 1 aromatic heterocycles. The number of ketones is 3. The smallest absolute Gasteiger partial charge is 0.243 e. The lowest BCUT2D eigenvalue weighted by atomic mass is 9.82. The molecule has 390 valence electrons. The van der Waals surface area contributed by atoms with Crippen molar-refractivity contribution in [1.29, 1.82) is 0 Å². The summed E-state index contributed by atoms with van der Waals surface area (Å²) < 4.78 is 6.96. The molecule has 1 fully saturated rings. The Bertz CT molecular complexity index is 2350. The zero-order valence-electron chi connectivity index (χ0n) is 40.5. The van der Waals surface area contributed by atoms with E-state index in [0.717, 1.165) is 11.8 Å². The van der Waals surface area contributed by atoms with Gasteiger partial charge in [0.05, 0.1) is 60.6 Å². The van der Waals surface area contributed by atoms with E-state index in [4.69, 9.17) is 16.2 Å². The van der Waals surface area contributed by atoms with Crippen LogP contribution in [0.2, 0.25) is 0 Å². The fraction of sp³-hybridized carbons (Fsp3) is 0.646. The van der Waals surface area contributed by atoms with Crippen molar-refractivity contribution < 1.29 is 63.2 Å². The number of benzene rings is 1. The number of fused-ring (bicyclic) bond motifs is 7. The highest BCUT2D eigenvalue weighted by atomic mass is 32.2. The molecule has 8 bridgehead atoms. The van der Waals surface area contributed by atoms with Crippen LogP contribution < -0.4 is 42.8 Å². The second kappa shape index (κ2) is 24.3. The van der Waals surface area contributed by atoms with Crippen LogP contribution in [-0.4, -0.2) is 159 Å². The lowest BCUT2D eigenvalue weighted by Gasteiger charge is -2.45. The summed E-state index contributed by atoms with van der Waals surface area (Å²) in [5.74, 6) is -11.6. The molecule has 13 N–H and O–H groups in total. The molecule has 71 heavy (non-hydrogen) atoms. The minimum Gasteiger partial charge on any atom is -0.465 e. The molecule has 4 unspecified atom stereocenters. The minimum absolute atomic E-state index is 0.118. The predicted octanol–water partition coefficient (Wildman–Crippen LogP) is -1.42. The van der Waals surface area contributed by atoms with Crippen LogP contribution in [0.1, 0.15) is 90.5 Å². The van der Waals surface area contributed by atoms with Crippen LogP contribution in [0.4, 0.5) is 0 Å². The third kappa shape index (κ3) is 13.0. The van der Waals surface area contributed by atoms with Gasteiger partial charge in [-0.05, 0) is 55.8 Å². The van der Waals surface area contributed by atoms with Crippen molar-refractivity contribution in [3.05, 3.63) is 23.8 Å². The number of aliphatic hydroxyl groups excluding tert-OH is 3. The van der Waals surface area contributed by atoms with E-state index in [1.807, 2.05) is 0 Å². The summed E-state index contributed by atoms with van der Waals surface area (Å²) in [7, 11) is 0. The van der Waals surface area contributed by atoms with Crippen LogP contribution >= 0.6 is 11.8 Å². The van der Waals surface area contributed by atoms with Crippen LogP contribution in [0.5, 0.6) is 5.75 Å². The Morgan fingerprint density at radius 2 is 1.61 bits per heavy atom. The number of carbonyl (C=O) groups is 9. The van der Waals surface area contributed by atoms with E-state index in [2.05, 4.69) is 31.6 Å². The molecule has 4 aliphatic rings. The number of aliphatic hydroxyl groups is 3. The summed E-state index contributed by atoms with van der Waals surface area (Å²) in [5.41, 5.74) is 10.3. The lowest BCUT2D eigenvalue weighted by molar-refractivity contribution is -0.168. The molecule has 0 spiro atoms. The Morgan fingerprint density at radius 3 is 2.30 bits per heavy atom. The molecule has 0 radical (unpaired) electrons. The Labute approximate surface area is 415 Å². The van der Waals surface area contributed by atoms with Crippen LogP contribution in [0.15, 0.2) is 23.2 Å². The first-order chi connectivity index (χ1) is 33.8. The number of Topliss-reactive ketones (excluding diaryl/α,β-unsaturated/α-hetero) is 3. The van der Waals surface area contributed by atoms with Gasteiger partial charge in [0, 0.05) is 67.2 Å². The van der Waals surface area contributed by atoms with Crippen molar-refractivity contribution in [3.63, 3.8) is 0 Å².